The summed E-state index contributed by atoms with van der Waals surface area (Å²) in [5, 5.41) is 8.97. The highest BCUT2D eigenvalue weighted by Gasteiger charge is 2.16. The highest BCUT2D eigenvalue weighted by Crippen LogP contribution is 2.14. The fourth-order valence-corrected chi connectivity index (χ4v) is 1.94. The molecule has 0 saturated heterocycles. The van der Waals surface area contributed by atoms with E-state index >= 15 is 0 Å². The number of aliphatic hydroxyl groups excluding tert-OH is 1. The van der Waals surface area contributed by atoms with Gasteiger partial charge in [0.2, 0.25) is 0 Å². The van der Waals surface area contributed by atoms with Gasteiger partial charge in [-0.05, 0) is 24.8 Å². The van der Waals surface area contributed by atoms with Crippen LogP contribution in [0.2, 0.25) is 0 Å². The summed E-state index contributed by atoms with van der Waals surface area (Å²) >= 11 is 0. The lowest BCUT2D eigenvalue weighted by Gasteiger charge is -2.31. The lowest BCUT2D eigenvalue weighted by Crippen LogP contribution is -2.37. The Morgan fingerprint density at radius 3 is 2.29 bits per heavy atom. The van der Waals surface area contributed by atoms with Gasteiger partial charge in [-0.3, -0.25) is 4.90 Å². The number of benzene rings is 1. The van der Waals surface area contributed by atoms with E-state index in [-0.39, 0.29) is 6.61 Å². The molecule has 96 valence electrons. The van der Waals surface area contributed by atoms with Crippen molar-refractivity contribution < 1.29 is 5.11 Å². The molecular weight excluding hydrogens is 210 g/mol. The van der Waals surface area contributed by atoms with Crippen LogP contribution in [0.4, 0.5) is 0 Å². The van der Waals surface area contributed by atoms with Gasteiger partial charge in [0.1, 0.15) is 0 Å². The topological polar surface area (TPSA) is 23.5 Å². The van der Waals surface area contributed by atoms with Gasteiger partial charge in [0.05, 0.1) is 0 Å². The van der Waals surface area contributed by atoms with Crippen molar-refractivity contribution in [3.05, 3.63) is 35.9 Å². The second-order valence-electron chi connectivity index (χ2n) is 5.02. The maximum Gasteiger partial charge on any atom is 0.0443 e. The molecule has 0 amide bonds. The van der Waals surface area contributed by atoms with Crippen LogP contribution >= 0.6 is 0 Å². The minimum Gasteiger partial charge on any atom is -0.396 e. The van der Waals surface area contributed by atoms with E-state index in [1.807, 2.05) is 6.07 Å². The monoisotopic (exact) mass is 235 g/mol. The highest BCUT2D eigenvalue weighted by molar-refractivity contribution is 5.14. The first kappa shape index (κ1) is 14.2. The third kappa shape index (κ3) is 4.88. The maximum absolute atomic E-state index is 8.97. The van der Waals surface area contributed by atoms with Gasteiger partial charge in [-0.1, -0.05) is 44.2 Å². The first-order chi connectivity index (χ1) is 8.15. The molecule has 2 nitrogen and oxygen atoms in total. The second kappa shape index (κ2) is 7.46. The molecule has 1 aromatic carbocycles. The van der Waals surface area contributed by atoms with Crippen LogP contribution in [0, 0.1) is 5.92 Å². The second-order valence-corrected chi connectivity index (χ2v) is 5.02. The molecule has 0 saturated carbocycles. The van der Waals surface area contributed by atoms with Crippen molar-refractivity contribution >= 4 is 0 Å². The number of hydrogen-bond donors (Lipinski definition) is 1. The van der Waals surface area contributed by atoms with Crippen LogP contribution in [0.25, 0.3) is 0 Å². The average molecular weight is 235 g/mol. The number of aliphatic hydroxyl groups is 1. The predicted octanol–water partition coefficient (Wildman–Crippen LogP) is 2.92. The van der Waals surface area contributed by atoms with Gasteiger partial charge < -0.3 is 5.11 Å². The van der Waals surface area contributed by atoms with Crippen molar-refractivity contribution in [1.29, 1.82) is 0 Å². The number of hydrogen-bond acceptors (Lipinski definition) is 2. The Kier molecular flexibility index (Phi) is 6.23. The molecule has 1 rings (SSSR count). The summed E-state index contributed by atoms with van der Waals surface area (Å²) in [5.41, 5.74) is 1.35. The first-order valence-corrected chi connectivity index (χ1v) is 6.54. The van der Waals surface area contributed by atoms with Gasteiger partial charge in [0.15, 0.2) is 0 Å². The molecule has 0 aliphatic carbocycles. The maximum atomic E-state index is 8.97. The van der Waals surface area contributed by atoms with Crippen LogP contribution in [-0.4, -0.2) is 29.2 Å². The zero-order valence-electron chi connectivity index (χ0n) is 11.3. The van der Waals surface area contributed by atoms with Gasteiger partial charge >= 0.3 is 0 Å². The van der Waals surface area contributed by atoms with Crippen LogP contribution in [0.1, 0.15) is 32.8 Å². The smallest absolute Gasteiger partial charge is 0.0443 e. The van der Waals surface area contributed by atoms with E-state index in [1.165, 1.54) is 5.56 Å². The van der Waals surface area contributed by atoms with E-state index < -0.39 is 0 Å². The minimum atomic E-state index is 0.274. The van der Waals surface area contributed by atoms with Gasteiger partial charge in [-0.25, -0.2) is 0 Å². The summed E-state index contributed by atoms with van der Waals surface area (Å²) in [6, 6.07) is 11.1. The van der Waals surface area contributed by atoms with Gasteiger partial charge in [-0.15, -0.1) is 0 Å². The van der Waals surface area contributed by atoms with Crippen LogP contribution in [0.5, 0.6) is 0 Å². The number of rotatable bonds is 7. The molecule has 0 aliphatic rings. The molecular formula is C15H25NO. The van der Waals surface area contributed by atoms with Crippen molar-refractivity contribution in [2.45, 2.75) is 39.8 Å². The van der Waals surface area contributed by atoms with Crippen molar-refractivity contribution in [2.75, 3.05) is 13.2 Å². The molecule has 0 aliphatic heterocycles. The average Bonchev–Trinajstić information content (AvgIpc) is 2.34. The highest BCUT2D eigenvalue weighted by atomic mass is 16.3. The van der Waals surface area contributed by atoms with Crippen molar-refractivity contribution in [1.82, 2.24) is 4.90 Å². The standard InChI is InChI=1S/C15H25NO/c1-13(2)14(3)16(10-7-11-17)12-15-8-5-4-6-9-15/h4-6,8-9,13-14,17H,7,10-12H2,1-3H3. The van der Waals surface area contributed by atoms with Crippen molar-refractivity contribution in [3.63, 3.8) is 0 Å². The van der Waals surface area contributed by atoms with E-state index in [4.69, 9.17) is 5.11 Å². The van der Waals surface area contributed by atoms with Crippen LogP contribution in [0.15, 0.2) is 30.3 Å². The Balaban J connectivity index is 2.63. The molecule has 1 atom stereocenters. The Hall–Kier alpha value is -0.860. The quantitative estimate of drug-likeness (QED) is 0.785. The molecule has 1 unspecified atom stereocenters. The fourth-order valence-electron chi connectivity index (χ4n) is 1.94. The zero-order valence-corrected chi connectivity index (χ0v) is 11.3. The summed E-state index contributed by atoms with van der Waals surface area (Å²) in [5.74, 6) is 0.636. The van der Waals surface area contributed by atoms with Crippen molar-refractivity contribution in [3.8, 4) is 0 Å². The summed E-state index contributed by atoms with van der Waals surface area (Å²) in [6.07, 6.45) is 0.851. The molecule has 1 N–H and O–H groups in total. The van der Waals surface area contributed by atoms with Gasteiger partial charge in [-0.2, -0.15) is 0 Å². The predicted molar refractivity (Wildman–Crippen MR) is 72.9 cm³/mol. The molecule has 0 bridgehead atoms. The largest absolute Gasteiger partial charge is 0.396 e. The lowest BCUT2D eigenvalue weighted by atomic mass is 10.0. The Labute approximate surface area is 105 Å². The summed E-state index contributed by atoms with van der Waals surface area (Å²) in [4.78, 5) is 2.45. The molecule has 0 spiro atoms. The van der Waals surface area contributed by atoms with Crippen LogP contribution < -0.4 is 0 Å². The van der Waals surface area contributed by atoms with E-state index in [0.29, 0.717) is 12.0 Å². The first-order valence-electron chi connectivity index (χ1n) is 6.54. The normalized spacial score (nSPS) is 13.3. The zero-order chi connectivity index (χ0) is 12.7. The summed E-state index contributed by atoms with van der Waals surface area (Å²) < 4.78 is 0. The van der Waals surface area contributed by atoms with E-state index in [9.17, 15) is 0 Å². The van der Waals surface area contributed by atoms with Gasteiger partial charge in [0, 0.05) is 25.7 Å². The molecule has 1 aromatic rings. The van der Waals surface area contributed by atoms with E-state index in [1.54, 1.807) is 0 Å². The Morgan fingerprint density at radius 1 is 1.12 bits per heavy atom. The van der Waals surface area contributed by atoms with E-state index in [2.05, 4.69) is 49.9 Å². The Morgan fingerprint density at radius 2 is 1.76 bits per heavy atom. The fraction of sp³-hybridized carbons (Fsp3) is 0.600. The third-order valence-electron chi connectivity index (χ3n) is 3.37. The van der Waals surface area contributed by atoms with Gasteiger partial charge in [0.25, 0.3) is 0 Å². The number of nitrogens with zero attached hydrogens (tertiary/aromatic N) is 1. The third-order valence-corrected chi connectivity index (χ3v) is 3.37. The molecule has 2 heteroatoms. The minimum absolute atomic E-state index is 0.274. The van der Waals surface area contributed by atoms with Crippen molar-refractivity contribution in [2.24, 2.45) is 5.92 Å². The SMILES string of the molecule is CC(C)C(C)N(CCCO)Cc1ccccc1. The molecule has 0 heterocycles. The summed E-state index contributed by atoms with van der Waals surface area (Å²) in [7, 11) is 0. The molecule has 17 heavy (non-hydrogen) atoms. The molecule has 0 radical (unpaired) electrons. The van der Waals surface area contributed by atoms with Crippen LogP contribution in [-0.2, 0) is 6.54 Å². The molecule has 0 fully saturated rings. The summed E-state index contributed by atoms with van der Waals surface area (Å²) in [6.45, 7) is 8.98. The lowest BCUT2D eigenvalue weighted by molar-refractivity contribution is 0.144. The van der Waals surface area contributed by atoms with Crippen LogP contribution in [0.3, 0.4) is 0 Å². The van der Waals surface area contributed by atoms with E-state index in [0.717, 1.165) is 19.5 Å². The Bertz CT molecular complexity index is 297. The molecule has 0 aromatic heterocycles.